The van der Waals surface area contributed by atoms with E-state index in [1.165, 1.54) is 10.9 Å². The Balaban J connectivity index is 1.85. The lowest BCUT2D eigenvalue weighted by Crippen LogP contribution is -2.45. The Morgan fingerprint density at radius 2 is 2.24 bits per heavy atom. The van der Waals surface area contributed by atoms with Crippen LogP contribution in [0.25, 0.3) is 10.9 Å². The summed E-state index contributed by atoms with van der Waals surface area (Å²) in [6.07, 6.45) is 0.594. The van der Waals surface area contributed by atoms with Crippen molar-refractivity contribution in [2.24, 2.45) is 0 Å². The van der Waals surface area contributed by atoms with Crippen LogP contribution in [0.4, 0.5) is 0 Å². The highest BCUT2D eigenvalue weighted by Gasteiger charge is 2.23. The summed E-state index contributed by atoms with van der Waals surface area (Å²) in [5, 5.41) is 1.17. The molecule has 1 aliphatic heterocycles. The van der Waals surface area contributed by atoms with E-state index in [0.29, 0.717) is 26.1 Å². The molecule has 0 bridgehead atoms. The SMILES string of the molecule is Cc1ccc2[nH]c(C)c(CC(=O)N3CCO[C@@H](C)C3)c2c1. The molecule has 0 unspecified atom stereocenters. The number of amides is 1. The molecule has 1 N–H and O–H groups in total. The summed E-state index contributed by atoms with van der Waals surface area (Å²) in [4.78, 5) is 17.8. The number of aryl methyl sites for hydroxylation is 2. The zero-order valence-electron chi connectivity index (χ0n) is 12.9. The quantitative estimate of drug-likeness (QED) is 0.922. The van der Waals surface area contributed by atoms with Crippen LogP contribution in [-0.2, 0) is 16.0 Å². The molecule has 1 atom stereocenters. The Bertz CT molecular complexity index is 675. The van der Waals surface area contributed by atoms with Crippen molar-refractivity contribution in [2.45, 2.75) is 33.3 Å². The lowest BCUT2D eigenvalue weighted by molar-refractivity contribution is -0.137. The van der Waals surface area contributed by atoms with Crippen LogP contribution in [0, 0.1) is 13.8 Å². The number of nitrogens with one attached hydrogen (secondary N) is 1. The predicted molar refractivity (Wildman–Crippen MR) is 83.5 cm³/mol. The van der Waals surface area contributed by atoms with Gasteiger partial charge in [-0.1, -0.05) is 11.6 Å². The Kier molecular flexibility index (Phi) is 3.72. The minimum Gasteiger partial charge on any atom is -0.375 e. The van der Waals surface area contributed by atoms with Gasteiger partial charge in [-0.05, 0) is 38.5 Å². The molecule has 0 spiro atoms. The molecule has 0 radical (unpaired) electrons. The summed E-state index contributed by atoms with van der Waals surface area (Å²) in [7, 11) is 0. The van der Waals surface area contributed by atoms with Crippen LogP contribution in [-0.4, -0.2) is 41.6 Å². The second-order valence-corrected chi connectivity index (χ2v) is 5.98. The molecule has 4 nitrogen and oxygen atoms in total. The number of hydrogen-bond donors (Lipinski definition) is 1. The van der Waals surface area contributed by atoms with Crippen LogP contribution in [0.2, 0.25) is 0 Å². The van der Waals surface area contributed by atoms with Crippen LogP contribution in [0.5, 0.6) is 0 Å². The molecule has 2 heterocycles. The number of benzene rings is 1. The Morgan fingerprint density at radius 1 is 1.43 bits per heavy atom. The smallest absolute Gasteiger partial charge is 0.227 e. The summed E-state index contributed by atoms with van der Waals surface area (Å²) in [6.45, 7) is 8.17. The highest BCUT2D eigenvalue weighted by Crippen LogP contribution is 2.24. The predicted octanol–water partition coefficient (Wildman–Crippen LogP) is 2.57. The molecule has 1 aliphatic rings. The van der Waals surface area contributed by atoms with E-state index in [1.807, 2.05) is 18.7 Å². The minimum absolute atomic E-state index is 0.133. The molecule has 2 aromatic rings. The second kappa shape index (κ2) is 5.53. The first-order valence-electron chi connectivity index (χ1n) is 7.52. The third-order valence-electron chi connectivity index (χ3n) is 4.20. The van der Waals surface area contributed by atoms with Gasteiger partial charge in [0.25, 0.3) is 0 Å². The number of carbonyl (C=O) groups excluding carboxylic acids is 1. The van der Waals surface area contributed by atoms with Gasteiger partial charge in [-0.2, -0.15) is 0 Å². The average Bonchev–Trinajstić information content (AvgIpc) is 2.75. The van der Waals surface area contributed by atoms with Crippen molar-refractivity contribution in [1.82, 2.24) is 9.88 Å². The van der Waals surface area contributed by atoms with E-state index < -0.39 is 0 Å². The number of aromatic amines is 1. The topological polar surface area (TPSA) is 45.3 Å². The van der Waals surface area contributed by atoms with Gasteiger partial charge in [0, 0.05) is 29.7 Å². The maximum atomic E-state index is 12.5. The van der Waals surface area contributed by atoms with Crippen LogP contribution in [0.1, 0.15) is 23.7 Å². The molecule has 1 saturated heterocycles. The van der Waals surface area contributed by atoms with Crippen LogP contribution in [0.3, 0.4) is 0 Å². The highest BCUT2D eigenvalue weighted by molar-refractivity contribution is 5.90. The molecule has 1 amide bonds. The summed E-state index contributed by atoms with van der Waals surface area (Å²) in [6, 6.07) is 6.33. The van der Waals surface area contributed by atoms with Gasteiger partial charge < -0.3 is 14.6 Å². The van der Waals surface area contributed by atoms with Crippen molar-refractivity contribution < 1.29 is 9.53 Å². The normalized spacial score (nSPS) is 19.2. The summed E-state index contributed by atoms with van der Waals surface area (Å²) >= 11 is 0. The molecule has 3 rings (SSSR count). The summed E-state index contributed by atoms with van der Waals surface area (Å²) in [5.74, 6) is 0.190. The van der Waals surface area contributed by atoms with E-state index >= 15 is 0 Å². The first-order chi connectivity index (χ1) is 10.0. The first-order valence-corrected chi connectivity index (χ1v) is 7.52. The lowest BCUT2D eigenvalue weighted by Gasteiger charge is -2.31. The lowest BCUT2D eigenvalue weighted by atomic mass is 10.0. The molecule has 1 aromatic carbocycles. The molecule has 1 fully saturated rings. The van der Waals surface area contributed by atoms with E-state index in [2.05, 4.69) is 30.1 Å². The Hall–Kier alpha value is -1.81. The standard InChI is InChI=1S/C17H22N2O2/c1-11-4-5-16-15(8-11)14(13(3)18-16)9-17(20)19-6-7-21-12(2)10-19/h4-5,8,12,18H,6-7,9-10H2,1-3H3/t12-/m0/s1. The maximum Gasteiger partial charge on any atom is 0.227 e. The van der Waals surface area contributed by atoms with Crippen molar-refractivity contribution in [1.29, 1.82) is 0 Å². The van der Waals surface area contributed by atoms with Crippen molar-refractivity contribution in [3.8, 4) is 0 Å². The number of morpholine rings is 1. The third kappa shape index (κ3) is 2.81. The fourth-order valence-corrected chi connectivity index (χ4v) is 3.03. The number of ether oxygens (including phenoxy) is 1. The van der Waals surface area contributed by atoms with Crippen LogP contribution < -0.4 is 0 Å². The number of carbonyl (C=O) groups is 1. The molecule has 1 aromatic heterocycles. The summed E-state index contributed by atoms with van der Waals surface area (Å²) in [5.41, 5.74) is 4.54. The van der Waals surface area contributed by atoms with E-state index in [4.69, 9.17) is 4.74 Å². The van der Waals surface area contributed by atoms with Gasteiger partial charge in [-0.25, -0.2) is 0 Å². The number of H-pyrrole nitrogens is 1. The molecular weight excluding hydrogens is 264 g/mol. The second-order valence-electron chi connectivity index (χ2n) is 5.98. The van der Waals surface area contributed by atoms with E-state index in [1.54, 1.807) is 0 Å². The number of rotatable bonds is 2. The van der Waals surface area contributed by atoms with Gasteiger partial charge >= 0.3 is 0 Å². The van der Waals surface area contributed by atoms with Crippen molar-refractivity contribution in [3.63, 3.8) is 0 Å². The molecule has 4 heteroatoms. The molecule has 0 aliphatic carbocycles. The number of aromatic nitrogens is 1. The zero-order chi connectivity index (χ0) is 15.0. The van der Waals surface area contributed by atoms with Gasteiger partial charge in [0.2, 0.25) is 5.91 Å². The fourth-order valence-electron chi connectivity index (χ4n) is 3.03. The Morgan fingerprint density at radius 3 is 3.00 bits per heavy atom. The average molecular weight is 286 g/mol. The van der Waals surface area contributed by atoms with Gasteiger partial charge in [-0.15, -0.1) is 0 Å². The first kappa shape index (κ1) is 14.1. The number of nitrogens with zero attached hydrogens (tertiary/aromatic N) is 1. The molecule has 0 saturated carbocycles. The van der Waals surface area contributed by atoms with Gasteiger partial charge in [-0.3, -0.25) is 4.79 Å². The van der Waals surface area contributed by atoms with Crippen molar-refractivity contribution >= 4 is 16.8 Å². The van der Waals surface area contributed by atoms with Crippen molar-refractivity contribution in [2.75, 3.05) is 19.7 Å². The number of fused-ring (bicyclic) bond motifs is 1. The summed E-state index contributed by atoms with van der Waals surface area (Å²) < 4.78 is 5.50. The van der Waals surface area contributed by atoms with Crippen LogP contribution in [0.15, 0.2) is 18.2 Å². The Labute approximate surface area is 125 Å². The molecule has 112 valence electrons. The monoisotopic (exact) mass is 286 g/mol. The highest BCUT2D eigenvalue weighted by atomic mass is 16.5. The minimum atomic E-state index is 0.133. The number of hydrogen-bond acceptors (Lipinski definition) is 2. The van der Waals surface area contributed by atoms with Gasteiger partial charge in [0.15, 0.2) is 0 Å². The van der Waals surface area contributed by atoms with E-state index in [9.17, 15) is 4.79 Å². The largest absolute Gasteiger partial charge is 0.375 e. The van der Waals surface area contributed by atoms with Gasteiger partial charge in [0.05, 0.1) is 19.1 Å². The van der Waals surface area contributed by atoms with Gasteiger partial charge in [0.1, 0.15) is 0 Å². The molecular formula is C17H22N2O2. The zero-order valence-corrected chi connectivity index (χ0v) is 12.9. The van der Waals surface area contributed by atoms with Crippen LogP contribution >= 0.6 is 0 Å². The molecule has 21 heavy (non-hydrogen) atoms. The van der Waals surface area contributed by atoms with Crippen molar-refractivity contribution in [3.05, 3.63) is 35.0 Å². The van der Waals surface area contributed by atoms with E-state index in [0.717, 1.165) is 16.8 Å². The van der Waals surface area contributed by atoms with E-state index in [-0.39, 0.29) is 12.0 Å². The third-order valence-corrected chi connectivity index (χ3v) is 4.20. The maximum absolute atomic E-state index is 12.5. The fraction of sp³-hybridized carbons (Fsp3) is 0.471.